The third-order valence-electron chi connectivity index (χ3n) is 4.70. The lowest BCUT2D eigenvalue weighted by atomic mass is 10.1. The summed E-state index contributed by atoms with van der Waals surface area (Å²) in [5.74, 6) is 0.417. The highest BCUT2D eigenvalue weighted by atomic mass is 19.4. The molecule has 32 heavy (non-hydrogen) atoms. The number of aromatic nitrogens is 3. The predicted molar refractivity (Wildman–Crippen MR) is 114 cm³/mol. The van der Waals surface area contributed by atoms with Crippen LogP contribution in [-0.4, -0.2) is 28.3 Å². The number of amides is 2. The zero-order valence-electron chi connectivity index (χ0n) is 16.6. The van der Waals surface area contributed by atoms with Gasteiger partial charge >= 0.3 is 12.2 Å². The second-order valence-corrected chi connectivity index (χ2v) is 6.76. The van der Waals surface area contributed by atoms with E-state index in [1.165, 1.54) is 7.11 Å². The van der Waals surface area contributed by atoms with E-state index in [4.69, 9.17) is 10.5 Å². The smallest absolute Gasteiger partial charge is 0.416 e. The quantitative estimate of drug-likeness (QED) is 0.359. The summed E-state index contributed by atoms with van der Waals surface area (Å²) in [4.78, 5) is 16.7. The molecular formula is C21H17F3N6O2. The monoisotopic (exact) mass is 442 g/mol. The van der Waals surface area contributed by atoms with E-state index in [0.29, 0.717) is 22.6 Å². The fourth-order valence-corrected chi connectivity index (χ4v) is 3.19. The minimum Gasteiger partial charge on any atom is -0.495 e. The molecule has 2 aromatic heterocycles. The largest absolute Gasteiger partial charge is 0.495 e. The van der Waals surface area contributed by atoms with E-state index in [1.54, 1.807) is 36.5 Å². The fraction of sp³-hybridized carbons (Fsp3) is 0.0952. The predicted octanol–water partition coefficient (Wildman–Crippen LogP) is 4.88. The molecule has 8 nitrogen and oxygen atoms in total. The number of methoxy groups -OCH3 is 1. The van der Waals surface area contributed by atoms with Crippen molar-refractivity contribution < 1.29 is 22.7 Å². The number of pyridine rings is 1. The molecule has 5 N–H and O–H groups in total. The second-order valence-electron chi connectivity index (χ2n) is 6.76. The average Bonchev–Trinajstić information content (AvgIpc) is 3.15. The molecule has 0 saturated carbocycles. The van der Waals surface area contributed by atoms with Crippen LogP contribution < -0.4 is 21.1 Å². The van der Waals surface area contributed by atoms with Crippen LogP contribution in [0, 0.1) is 0 Å². The fourth-order valence-electron chi connectivity index (χ4n) is 3.19. The topological polar surface area (TPSA) is 118 Å². The van der Waals surface area contributed by atoms with Crippen molar-refractivity contribution in [1.29, 1.82) is 0 Å². The zero-order valence-corrected chi connectivity index (χ0v) is 16.6. The van der Waals surface area contributed by atoms with Crippen molar-refractivity contribution in [2.24, 2.45) is 0 Å². The van der Waals surface area contributed by atoms with Crippen LogP contribution in [-0.2, 0) is 6.18 Å². The standard InChI is InChI=1S/C21H17F3N6O2/c1-32-16-7-4-12(21(22,23)24)10-15(16)28-20(31)27-13-5-2-11(3-6-13)18-17-14(8-9-26-18)29-30-19(17)25/h2-10H,1H3,(H3,25,29,30)(H2,27,28,31). The number of nitrogen functional groups attached to an aromatic ring is 1. The Hall–Kier alpha value is -4.28. The van der Waals surface area contributed by atoms with E-state index in [0.717, 1.165) is 29.3 Å². The van der Waals surface area contributed by atoms with Gasteiger partial charge in [0.25, 0.3) is 0 Å². The summed E-state index contributed by atoms with van der Waals surface area (Å²) in [5.41, 5.74) is 7.43. The molecule has 11 heteroatoms. The Balaban J connectivity index is 1.52. The van der Waals surface area contributed by atoms with Gasteiger partial charge in [0.05, 0.1) is 35.0 Å². The summed E-state index contributed by atoms with van der Waals surface area (Å²) in [5, 5.41) is 12.4. The Bertz CT molecular complexity index is 1290. The SMILES string of the molecule is COc1ccc(C(F)(F)F)cc1NC(=O)Nc1ccc(-c2nccc3[nH]nc(N)c23)cc1. The van der Waals surface area contributed by atoms with Crippen molar-refractivity contribution in [2.45, 2.75) is 6.18 Å². The zero-order chi connectivity index (χ0) is 22.9. The normalized spacial score (nSPS) is 11.4. The van der Waals surface area contributed by atoms with Crippen molar-refractivity contribution in [2.75, 3.05) is 23.5 Å². The van der Waals surface area contributed by atoms with E-state index in [2.05, 4.69) is 25.8 Å². The maximum atomic E-state index is 13.0. The van der Waals surface area contributed by atoms with Crippen LogP contribution in [0.2, 0.25) is 0 Å². The number of rotatable bonds is 4. The second kappa shape index (κ2) is 8.10. The van der Waals surface area contributed by atoms with E-state index in [1.807, 2.05) is 0 Å². The summed E-state index contributed by atoms with van der Waals surface area (Å²) >= 11 is 0. The first-order chi connectivity index (χ1) is 15.3. The molecule has 0 aliphatic rings. The number of hydrogen-bond donors (Lipinski definition) is 4. The molecule has 0 saturated heterocycles. The average molecular weight is 442 g/mol. The summed E-state index contributed by atoms with van der Waals surface area (Å²) in [6.45, 7) is 0. The van der Waals surface area contributed by atoms with Crippen LogP contribution in [0.5, 0.6) is 5.75 Å². The lowest BCUT2D eigenvalue weighted by molar-refractivity contribution is -0.137. The first kappa shape index (κ1) is 21.0. The van der Waals surface area contributed by atoms with Crippen LogP contribution in [0.3, 0.4) is 0 Å². The molecule has 4 rings (SSSR count). The third kappa shape index (κ3) is 4.13. The van der Waals surface area contributed by atoms with Crippen molar-refractivity contribution in [1.82, 2.24) is 15.2 Å². The van der Waals surface area contributed by atoms with Crippen LogP contribution in [0.15, 0.2) is 54.7 Å². The number of nitrogens with one attached hydrogen (secondary N) is 3. The highest BCUT2D eigenvalue weighted by molar-refractivity contribution is 6.02. The van der Waals surface area contributed by atoms with Crippen molar-refractivity contribution in [3.05, 3.63) is 60.3 Å². The molecule has 164 valence electrons. The molecule has 2 amide bonds. The number of hydrogen-bond acceptors (Lipinski definition) is 5. The maximum absolute atomic E-state index is 13.0. The first-order valence-corrected chi connectivity index (χ1v) is 9.28. The number of fused-ring (bicyclic) bond motifs is 1. The van der Waals surface area contributed by atoms with E-state index >= 15 is 0 Å². The minimum absolute atomic E-state index is 0.0976. The van der Waals surface area contributed by atoms with Gasteiger partial charge in [0.2, 0.25) is 0 Å². The molecule has 0 aliphatic heterocycles. The van der Waals surface area contributed by atoms with Crippen LogP contribution in [0.1, 0.15) is 5.56 Å². The molecular weight excluding hydrogens is 425 g/mol. The Labute approximate surface area is 179 Å². The number of nitrogens with two attached hydrogens (primary N) is 1. The van der Waals surface area contributed by atoms with Gasteiger partial charge in [-0.2, -0.15) is 18.3 Å². The molecule has 0 fully saturated rings. The Morgan fingerprint density at radius 1 is 1.09 bits per heavy atom. The van der Waals surface area contributed by atoms with Gasteiger partial charge in [0, 0.05) is 17.4 Å². The van der Waals surface area contributed by atoms with E-state index in [9.17, 15) is 18.0 Å². The highest BCUT2D eigenvalue weighted by Gasteiger charge is 2.31. The van der Waals surface area contributed by atoms with E-state index in [-0.39, 0.29) is 11.4 Å². The number of urea groups is 1. The number of carbonyl (C=O) groups is 1. The number of H-pyrrole nitrogens is 1. The van der Waals surface area contributed by atoms with Gasteiger partial charge in [-0.1, -0.05) is 12.1 Å². The Kier molecular flexibility index (Phi) is 5.31. The summed E-state index contributed by atoms with van der Waals surface area (Å²) in [6, 6.07) is 10.6. The molecule has 0 aliphatic carbocycles. The van der Waals surface area contributed by atoms with Crippen molar-refractivity contribution in [3.63, 3.8) is 0 Å². The number of benzene rings is 2. The lowest BCUT2D eigenvalue weighted by Gasteiger charge is -2.14. The van der Waals surface area contributed by atoms with E-state index < -0.39 is 17.8 Å². The lowest BCUT2D eigenvalue weighted by Crippen LogP contribution is -2.20. The summed E-state index contributed by atoms with van der Waals surface area (Å²) in [7, 11) is 1.30. The van der Waals surface area contributed by atoms with Crippen LogP contribution in [0.25, 0.3) is 22.2 Å². The van der Waals surface area contributed by atoms with Gasteiger partial charge in [0.1, 0.15) is 5.75 Å². The third-order valence-corrected chi connectivity index (χ3v) is 4.70. The summed E-state index contributed by atoms with van der Waals surface area (Å²) < 4.78 is 44.0. The Morgan fingerprint density at radius 2 is 1.84 bits per heavy atom. The van der Waals surface area contributed by atoms with Crippen LogP contribution >= 0.6 is 0 Å². The highest BCUT2D eigenvalue weighted by Crippen LogP contribution is 2.35. The molecule has 0 atom stereocenters. The number of aromatic amines is 1. The van der Waals surface area contributed by atoms with Gasteiger partial charge in [-0.05, 0) is 36.4 Å². The van der Waals surface area contributed by atoms with Crippen LogP contribution in [0.4, 0.5) is 35.2 Å². The molecule has 0 unspecified atom stereocenters. The van der Waals surface area contributed by atoms with Gasteiger partial charge in [-0.3, -0.25) is 10.1 Å². The van der Waals surface area contributed by atoms with Crippen molar-refractivity contribution >= 4 is 34.1 Å². The van der Waals surface area contributed by atoms with Gasteiger partial charge in [-0.15, -0.1) is 0 Å². The minimum atomic E-state index is -4.55. The molecule has 0 radical (unpaired) electrons. The van der Waals surface area contributed by atoms with Gasteiger partial charge < -0.3 is 21.1 Å². The van der Waals surface area contributed by atoms with Crippen molar-refractivity contribution in [3.8, 4) is 17.0 Å². The number of carbonyl (C=O) groups excluding carboxylic acids is 1. The number of alkyl halides is 3. The van der Waals surface area contributed by atoms with Gasteiger partial charge in [-0.25, -0.2) is 4.79 Å². The number of halogens is 3. The number of ether oxygens (including phenoxy) is 1. The number of nitrogens with zero attached hydrogens (tertiary/aromatic N) is 2. The molecule has 2 aromatic carbocycles. The molecule has 0 bridgehead atoms. The molecule has 2 heterocycles. The Morgan fingerprint density at radius 3 is 2.53 bits per heavy atom. The molecule has 0 spiro atoms. The number of anilines is 3. The molecule has 4 aromatic rings. The summed E-state index contributed by atoms with van der Waals surface area (Å²) in [6.07, 6.45) is -2.93. The first-order valence-electron chi connectivity index (χ1n) is 9.28. The van der Waals surface area contributed by atoms with Gasteiger partial charge in [0.15, 0.2) is 5.82 Å². The maximum Gasteiger partial charge on any atom is 0.416 e.